The summed E-state index contributed by atoms with van der Waals surface area (Å²) in [5, 5.41) is 22.3. The summed E-state index contributed by atoms with van der Waals surface area (Å²) in [5.41, 5.74) is -1.60. The highest BCUT2D eigenvalue weighted by Crippen LogP contribution is 2.61. The second-order valence-electron chi connectivity index (χ2n) is 6.60. The number of hydrogen-bond acceptors (Lipinski definition) is 4. The minimum Gasteiger partial charge on any atom is -0.444 e. The lowest BCUT2D eigenvalue weighted by atomic mass is 9.44. The van der Waals surface area contributed by atoms with E-state index in [4.69, 9.17) is 4.74 Å². The molecule has 5 nitrogen and oxygen atoms in total. The number of hydrogen-bond donors (Lipinski definition) is 3. The third kappa shape index (κ3) is 1.89. The molecule has 0 aromatic heterocycles. The van der Waals surface area contributed by atoms with Crippen LogP contribution in [0.1, 0.15) is 46.5 Å². The number of carbonyl (C=O) groups excluding carboxylic acids is 1. The van der Waals surface area contributed by atoms with Gasteiger partial charge in [-0.3, -0.25) is 0 Å². The monoisotopic (exact) mass is 257 g/mol. The highest BCUT2D eigenvalue weighted by Gasteiger charge is 2.68. The van der Waals surface area contributed by atoms with E-state index in [-0.39, 0.29) is 12.0 Å². The summed E-state index contributed by atoms with van der Waals surface area (Å²) in [6, 6.07) is 0. The second kappa shape index (κ2) is 4.10. The van der Waals surface area contributed by atoms with Gasteiger partial charge in [-0.15, -0.1) is 0 Å². The molecule has 2 fully saturated rings. The molecule has 2 rings (SSSR count). The van der Waals surface area contributed by atoms with E-state index >= 15 is 0 Å². The van der Waals surface area contributed by atoms with Crippen LogP contribution in [0.4, 0.5) is 4.79 Å². The van der Waals surface area contributed by atoms with Gasteiger partial charge in [0.05, 0.1) is 18.2 Å². The molecule has 1 amide bonds. The van der Waals surface area contributed by atoms with Gasteiger partial charge >= 0.3 is 6.09 Å². The van der Waals surface area contributed by atoms with Gasteiger partial charge in [-0.2, -0.15) is 0 Å². The zero-order valence-electron chi connectivity index (χ0n) is 11.3. The van der Waals surface area contributed by atoms with Crippen LogP contribution in [0.5, 0.6) is 0 Å². The Bertz CT molecular complexity index is 345. The summed E-state index contributed by atoms with van der Waals surface area (Å²) in [4.78, 5) is 11.8. The summed E-state index contributed by atoms with van der Waals surface area (Å²) in [6.07, 6.45) is 2.20. The maximum Gasteiger partial charge on any atom is 0.408 e. The SMILES string of the molecule is CC(C)(C)OC(=O)N[C@@]1(CO)C[C@@H](O)C12CCC2. The van der Waals surface area contributed by atoms with Gasteiger partial charge in [0.2, 0.25) is 0 Å². The maximum absolute atomic E-state index is 11.8. The first-order chi connectivity index (χ1) is 8.25. The molecule has 2 saturated carbocycles. The maximum atomic E-state index is 11.8. The number of nitrogens with one attached hydrogen (secondary N) is 1. The molecule has 0 aromatic carbocycles. The number of ether oxygens (including phenoxy) is 1. The average Bonchev–Trinajstić information content (AvgIpc) is 2.09. The van der Waals surface area contributed by atoms with Crippen LogP contribution in [0.25, 0.3) is 0 Å². The van der Waals surface area contributed by atoms with E-state index < -0.39 is 23.3 Å². The van der Waals surface area contributed by atoms with Crippen molar-refractivity contribution in [1.82, 2.24) is 5.32 Å². The molecule has 0 radical (unpaired) electrons. The van der Waals surface area contributed by atoms with Gasteiger partial charge in [0.1, 0.15) is 5.60 Å². The van der Waals surface area contributed by atoms with Gasteiger partial charge in [-0.25, -0.2) is 4.79 Å². The standard InChI is InChI=1S/C13H23NO4/c1-11(2,3)18-10(17)14-13(8-15)7-9(16)12(13)5-4-6-12/h9,15-16H,4-8H2,1-3H3,(H,14,17)/t9-,13-/m1/s1. The molecule has 3 N–H and O–H groups in total. The Kier molecular flexibility index (Phi) is 3.10. The molecule has 0 aromatic rings. The van der Waals surface area contributed by atoms with Crippen LogP contribution in [-0.4, -0.2) is 40.2 Å². The quantitative estimate of drug-likeness (QED) is 0.694. The van der Waals surface area contributed by atoms with Crippen molar-refractivity contribution in [3.63, 3.8) is 0 Å². The number of amides is 1. The summed E-state index contributed by atoms with van der Waals surface area (Å²) in [6.45, 7) is 5.25. The van der Waals surface area contributed by atoms with E-state index in [0.717, 1.165) is 19.3 Å². The van der Waals surface area contributed by atoms with Crippen molar-refractivity contribution in [2.45, 2.75) is 63.7 Å². The van der Waals surface area contributed by atoms with Gasteiger partial charge in [-0.05, 0) is 33.6 Å². The molecule has 0 unspecified atom stereocenters. The van der Waals surface area contributed by atoms with Crippen LogP contribution >= 0.6 is 0 Å². The zero-order valence-corrected chi connectivity index (χ0v) is 11.3. The summed E-state index contributed by atoms with van der Waals surface area (Å²) >= 11 is 0. The summed E-state index contributed by atoms with van der Waals surface area (Å²) in [7, 11) is 0. The molecular weight excluding hydrogens is 234 g/mol. The van der Waals surface area contributed by atoms with Crippen molar-refractivity contribution in [2.75, 3.05) is 6.61 Å². The average molecular weight is 257 g/mol. The normalized spacial score (nSPS) is 33.5. The molecule has 5 heteroatoms. The van der Waals surface area contributed by atoms with Gasteiger partial charge in [0.25, 0.3) is 0 Å². The van der Waals surface area contributed by atoms with Gasteiger partial charge in [0, 0.05) is 11.8 Å². The van der Waals surface area contributed by atoms with Crippen LogP contribution in [0.15, 0.2) is 0 Å². The number of alkyl carbamates (subject to hydrolysis) is 1. The molecule has 2 atom stereocenters. The predicted octanol–water partition coefficient (Wildman–Crippen LogP) is 1.18. The summed E-state index contributed by atoms with van der Waals surface area (Å²) in [5.74, 6) is 0. The Morgan fingerprint density at radius 1 is 1.44 bits per heavy atom. The first kappa shape index (κ1) is 13.6. The number of rotatable bonds is 2. The van der Waals surface area contributed by atoms with E-state index in [0.29, 0.717) is 6.42 Å². The molecule has 0 saturated heterocycles. The Balaban J connectivity index is 2.04. The van der Waals surface area contributed by atoms with Crippen LogP contribution in [0.2, 0.25) is 0 Å². The third-order valence-corrected chi connectivity index (χ3v) is 4.39. The van der Waals surface area contributed by atoms with E-state index in [1.807, 2.05) is 0 Å². The topological polar surface area (TPSA) is 78.8 Å². The number of aliphatic hydroxyl groups excluding tert-OH is 2. The molecule has 0 aliphatic heterocycles. The Morgan fingerprint density at radius 3 is 2.39 bits per heavy atom. The van der Waals surface area contributed by atoms with Gasteiger partial charge in [-0.1, -0.05) is 6.42 Å². The largest absolute Gasteiger partial charge is 0.444 e. The van der Waals surface area contributed by atoms with Crippen LogP contribution in [0.3, 0.4) is 0 Å². The fourth-order valence-corrected chi connectivity index (χ4v) is 3.22. The van der Waals surface area contributed by atoms with Crippen molar-refractivity contribution in [1.29, 1.82) is 0 Å². The van der Waals surface area contributed by atoms with Crippen molar-refractivity contribution in [3.8, 4) is 0 Å². The predicted molar refractivity (Wildman–Crippen MR) is 66.1 cm³/mol. The second-order valence-corrected chi connectivity index (χ2v) is 6.60. The van der Waals surface area contributed by atoms with E-state index in [9.17, 15) is 15.0 Å². The van der Waals surface area contributed by atoms with E-state index in [2.05, 4.69) is 5.32 Å². The summed E-state index contributed by atoms with van der Waals surface area (Å²) < 4.78 is 5.23. The molecular formula is C13H23NO4. The lowest BCUT2D eigenvalue weighted by molar-refractivity contribution is -0.208. The smallest absolute Gasteiger partial charge is 0.408 e. The molecule has 0 bridgehead atoms. The molecule has 104 valence electrons. The Labute approximate surface area is 108 Å². The van der Waals surface area contributed by atoms with Crippen LogP contribution in [0, 0.1) is 5.41 Å². The molecule has 2 aliphatic carbocycles. The highest BCUT2D eigenvalue weighted by molar-refractivity contribution is 5.69. The van der Waals surface area contributed by atoms with Gasteiger partial charge in [0.15, 0.2) is 0 Å². The lowest BCUT2D eigenvalue weighted by Crippen LogP contribution is -2.78. The van der Waals surface area contributed by atoms with Crippen molar-refractivity contribution in [2.24, 2.45) is 5.41 Å². The first-order valence-corrected chi connectivity index (χ1v) is 6.55. The zero-order chi connectivity index (χ0) is 13.6. The van der Waals surface area contributed by atoms with Crippen molar-refractivity contribution < 1.29 is 19.7 Å². The van der Waals surface area contributed by atoms with Crippen molar-refractivity contribution in [3.05, 3.63) is 0 Å². The van der Waals surface area contributed by atoms with Crippen LogP contribution in [-0.2, 0) is 4.74 Å². The molecule has 18 heavy (non-hydrogen) atoms. The molecule has 1 spiro atoms. The molecule has 2 aliphatic rings. The highest BCUT2D eigenvalue weighted by atomic mass is 16.6. The number of carbonyl (C=O) groups is 1. The Morgan fingerprint density at radius 2 is 2.06 bits per heavy atom. The first-order valence-electron chi connectivity index (χ1n) is 6.55. The van der Waals surface area contributed by atoms with Crippen molar-refractivity contribution >= 4 is 6.09 Å². The van der Waals surface area contributed by atoms with Crippen LogP contribution < -0.4 is 5.32 Å². The molecule has 0 heterocycles. The minimum atomic E-state index is -0.701. The van der Waals surface area contributed by atoms with E-state index in [1.54, 1.807) is 20.8 Å². The van der Waals surface area contributed by atoms with Gasteiger partial charge < -0.3 is 20.3 Å². The third-order valence-electron chi connectivity index (χ3n) is 4.39. The van der Waals surface area contributed by atoms with E-state index in [1.165, 1.54) is 0 Å². The lowest BCUT2D eigenvalue weighted by Gasteiger charge is -2.66. The number of aliphatic hydroxyl groups is 2. The fraction of sp³-hybridized carbons (Fsp3) is 0.923. The fourth-order valence-electron chi connectivity index (χ4n) is 3.22. The minimum absolute atomic E-state index is 0.150. The Hall–Kier alpha value is -0.810.